The van der Waals surface area contributed by atoms with E-state index in [4.69, 9.17) is 0 Å². The van der Waals surface area contributed by atoms with Gasteiger partial charge in [0.2, 0.25) is 0 Å². The van der Waals surface area contributed by atoms with Crippen molar-refractivity contribution in [3.05, 3.63) is 11.6 Å². The number of esters is 2. The Hall–Kier alpha value is -1.65. The number of carbonyl (C=O) groups is 3. The van der Waals surface area contributed by atoms with E-state index in [9.17, 15) is 14.4 Å². The van der Waals surface area contributed by atoms with E-state index in [-0.39, 0.29) is 17.8 Å². The molecular formula is C12H16O5. The van der Waals surface area contributed by atoms with E-state index in [0.29, 0.717) is 6.42 Å². The van der Waals surface area contributed by atoms with E-state index in [0.717, 1.165) is 12.8 Å². The number of ether oxygens (including phenoxy) is 2. The molecular weight excluding hydrogens is 224 g/mol. The fraction of sp³-hybridized carbons (Fsp3) is 0.583. The average Bonchev–Trinajstić information content (AvgIpc) is 2.32. The minimum atomic E-state index is -1.13. The highest BCUT2D eigenvalue weighted by molar-refractivity contribution is 6.09. The first-order valence-electron chi connectivity index (χ1n) is 5.50. The van der Waals surface area contributed by atoms with Crippen molar-refractivity contribution in [2.24, 2.45) is 5.92 Å². The minimum Gasteiger partial charge on any atom is -0.468 e. The van der Waals surface area contributed by atoms with Crippen LogP contribution in [-0.2, 0) is 23.9 Å². The summed E-state index contributed by atoms with van der Waals surface area (Å²) in [5.74, 6) is -2.76. The molecule has 94 valence electrons. The second kappa shape index (κ2) is 6.18. The van der Waals surface area contributed by atoms with Crippen LogP contribution in [-0.4, -0.2) is 31.9 Å². The van der Waals surface area contributed by atoms with E-state index in [1.54, 1.807) is 6.08 Å². The van der Waals surface area contributed by atoms with Crippen molar-refractivity contribution in [1.82, 2.24) is 0 Å². The summed E-state index contributed by atoms with van der Waals surface area (Å²) in [6.45, 7) is 0. The molecule has 5 nitrogen and oxygen atoms in total. The Balaban J connectivity index is 3.09. The predicted molar refractivity (Wildman–Crippen MR) is 59.1 cm³/mol. The average molecular weight is 240 g/mol. The van der Waals surface area contributed by atoms with Crippen LogP contribution in [0.5, 0.6) is 0 Å². The van der Waals surface area contributed by atoms with E-state index < -0.39 is 17.9 Å². The maximum atomic E-state index is 11.8. The largest absolute Gasteiger partial charge is 0.468 e. The Morgan fingerprint density at radius 2 is 1.94 bits per heavy atom. The summed E-state index contributed by atoms with van der Waals surface area (Å²) in [5.41, 5.74) is 0.101. The molecule has 1 atom stereocenters. The summed E-state index contributed by atoms with van der Waals surface area (Å²) in [6.07, 6.45) is 4.08. The van der Waals surface area contributed by atoms with Gasteiger partial charge in [-0.25, -0.2) is 4.79 Å². The summed E-state index contributed by atoms with van der Waals surface area (Å²) >= 11 is 0. The van der Waals surface area contributed by atoms with Gasteiger partial charge in [-0.1, -0.05) is 6.08 Å². The third-order valence-corrected chi connectivity index (χ3v) is 2.73. The Morgan fingerprint density at radius 3 is 2.53 bits per heavy atom. The molecule has 0 heterocycles. The molecule has 1 aliphatic rings. The van der Waals surface area contributed by atoms with Crippen molar-refractivity contribution in [2.75, 3.05) is 14.2 Å². The smallest absolute Gasteiger partial charge is 0.334 e. The van der Waals surface area contributed by atoms with Crippen molar-refractivity contribution in [3.63, 3.8) is 0 Å². The summed E-state index contributed by atoms with van der Waals surface area (Å²) in [7, 11) is 2.42. The zero-order valence-electron chi connectivity index (χ0n) is 10.0. The standard InChI is InChI=1S/C12H16O5/c1-16-11(14)8-6-4-3-5-7-9(13)10(8)12(15)17-2/h6,10H,3-5,7H2,1-2H3/t10-/m0/s1. The van der Waals surface area contributed by atoms with Gasteiger partial charge < -0.3 is 9.47 Å². The third kappa shape index (κ3) is 3.15. The Labute approximate surface area is 99.8 Å². The highest BCUT2D eigenvalue weighted by Gasteiger charge is 2.35. The first-order valence-corrected chi connectivity index (χ1v) is 5.50. The van der Waals surface area contributed by atoms with Crippen LogP contribution in [0.25, 0.3) is 0 Å². The highest BCUT2D eigenvalue weighted by atomic mass is 16.5. The first kappa shape index (κ1) is 13.4. The third-order valence-electron chi connectivity index (χ3n) is 2.73. The lowest BCUT2D eigenvalue weighted by Crippen LogP contribution is -2.31. The number of ketones is 1. The molecule has 0 aliphatic heterocycles. The van der Waals surface area contributed by atoms with Crippen molar-refractivity contribution in [3.8, 4) is 0 Å². The van der Waals surface area contributed by atoms with Crippen molar-refractivity contribution >= 4 is 17.7 Å². The fourth-order valence-electron chi connectivity index (χ4n) is 1.83. The van der Waals surface area contributed by atoms with Crippen LogP contribution in [0, 0.1) is 5.92 Å². The van der Waals surface area contributed by atoms with Gasteiger partial charge in [0, 0.05) is 6.42 Å². The summed E-state index contributed by atoms with van der Waals surface area (Å²) in [4.78, 5) is 35.0. The van der Waals surface area contributed by atoms with Crippen LogP contribution in [0.2, 0.25) is 0 Å². The zero-order valence-corrected chi connectivity index (χ0v) is 10.0. The van der Waals surface area contributed by atoms with Crippen molar-refractivity contribution in [1.29, 1.82) is 0 Å². The molecule has 5 heteroatoms. The molecule has 0 fully saturated rings. The van der Waals surface area contributed by atoms with Gasteiger partial charge in [-0.15, -0.1) is 0 Å². The second-order valence-electron chi connectivity index (χ2n) is 3.82. The molecule has 0 aromatic rings. The maximum absolute atomic E-state index is 11.8. The number of allylic oxidation sites excluding steroid dienone is 1. The molecule has 0 saturated carbocycles. The summed E-state index contributed by atoms with van der Waals surface area (Å²) < 4.78 is 9.17. The van der Waals surface area contributed by atoms with Crippen LogP contribution in [0.4, 0.5) is 0 Å². The molecule has 0 saturated heterocycles. The van der Waals surface area contributed by atoms with Gasteiger partial charge in [-0.3, -0.25) is 9.59 Å². The molecule has 1 rings (SSSR count). The van der Waals surface area contributed by atoms with Gasteiger partial charge in [0.15, 0.2) is 5.78 Å². The topological polar surface area (TPSA) is 69.7 Å². The summed E-state index contributed by atoms with van der Waals surface area (Å²) in [5, 5.41) is 0. The van der Waals surface area contributed by atoms with Crippen LogP contribution in [0.15, 0.2) is 11.6 Å². The van der Waals surface area contributed by atoms with E-state index in [1.165, 1.54) is 14.2 Å². The van der Waals surface area contributed by atoms with Crippen LogP contribution in [0.1, 0.15) is 25.7 Å². The SMILES string of the molecule is COC(=O)C1=CCCCCC(=O)[C@H]1C(=O)OC. The number of rotatable bonds is 2. The molecule has 0 aromatic carbocycles. The second-order valence-corrected chi connectivity index (χ2v) is 3.82. The van der Waals surface area contributed by atoms with Gasteiger partial charge in [0.05, 0.1) is 19.8 Å². The minimum absolute atomic E-state index is 0.101. The predicted octanol–water partition coefficient (Wildman–Crippen LogP) is 1.02. The molecule has 0 amide bonds. The van der Waals surface area contributed by atoms with Gasteiger partial charge in [0.1, 0.15) is 5.92 Å². The number of Topliss-reactive ketones (excluding diaryl/α,β-unsaturated/α-hetero) is 1. The van der Waals surface area contributed by atoms with Gasteiger partial charge in [-0.05, 0) is 19.3 Å². The lowest BCUT2D eigenvalue weighted by molar-refractivity contribution is -0.151. The zero-order chi connectivity index (χ0) is 12.8. The number of hydrogen-bond acceptors (Lipinski definition) is 5. The Kier molecular flexibility index (Phi) is 4.87. The van der Waals surface area contributed by atoms with Gasteiger partial charge in [-0.2, -0.15) is 0 Å². The van der Waals surface area contributed by atoms with Crippen molar-refractivity contribution < 1.29 is 23.9 Å². The van der Waals surface area contributed by atoms with Gasteiger partial charge >= 0.3 is 11.9 Å². The molecule has 1 aliphatic carbocycles. The van der Waals surface area contributed by atoms with E-state index >= 15 is 0 Å². The molecule has 0 unspecified atom stereocenters. The van der Waals surface area contributed by atoms with Crippen LogP contribution in [0.3, 0.4) is 0 Å². The molecule has 0 aromatic heterocycles. The normalized spacial score (nSPS) is 20.9. The summed E-state index contributed by atoms with van der Waals surface area (Å²) in [6, 6.07) is 0. The van der Waals surface area contributed by atoms with Crippen LogP contribution >= 0.6 is 0 Å². The monoisotopic (exact) mass is 240 g/mol. The lowest BCUT2D eigenvalue weighted by atomic mass is 9.88. The highest BCUT2D eigenvalue weighted by Crippen LogP contribution is 2.23. The quantitative estimate of drug-likeness (QED) is 0.532. The Bertz CT molecular complexity index is 356. The molecule has 0 radical (unpaired) electrons. The van der Waals surface area contributed by atoms with Gasteiger partial charge in [0.25, 0.3) is 0 Å². The fourth-order valence-corrected chi connectivity index (χ4v) is 1.83. The molecule has 17 heavy (non-hydrogen) atoms. The number of carbonyl (C=O) groups excluding carboxylic acids is 3. The molecule has 0 spiro atoms. The number of hydrogen-bond donors (Lipinski definition) is 0. The van der Waals surface area contributed by atoms with E-state index in [1.807, 2.05) is 0 Å². The first-order chi connectivity index (χ1) is 8.11. The van der Waals surface area contributed by atoms with Crippen molar-refractivity contribution in [2.45, 2.75) is 25.7 Å². The molecule has 0 N–H and O–H groups in total. The maximum Gasteiger partial charge on any atom is 0.334 e. The number of methoxy groups -OCH3 is 2. The Morgan fingerprint density at radius 1 is 1.24 bits per heavy atom. The molecule has 0 bridgehead atoms. The van der Waals surface area contributed by atoms with E-state index in [2.05, 4.69) is 9.47 Å². The van der Waals surface area contributed by atoms with Crippen LogP contribution < -0.4 is 0 Å². The lowest BCUT2D eigenvalue weighted by Gasteiger charge is -2.17.